The summed E-state index contributed by atoms with van der Waals surface area (Å²) in [5.74, 6) is 2.99. The van der Waals surface area contributed by atoms with Crippen LogP contribution >= 0.6 is 37.8 Å². The van der Waals surface area contributed by atoms with Crippen molar-refractivity contribution < 1.29 is 52.0 Å². The van der Waals surface area contributed by atoms with Gasteiger partial charge in [0.15, 0.2) is 38.4 Å². The van der Waals surface area contributed by atoms with Crippen LogP contribution in [0.15, 0.2) is 194 Å². The maximum atomic E-state index is 15.6. The quantitative estimate of drug-likeness (QED) is 0.0157. The summed E-state index contributed by atoms with van der Waals surface area (Å²) < 4.78 is 77.8. The second-order valence-electron chi connectivity index (χ2n) is 24.6. The number of hydroxylamine groups is 2. The number of aryl methyl sites for hydroxylation is 2. The van der Waals surface area contributed by atoms with Crippen molar-refractivity contribution in [1.82, 2.24) is 9.67 Å². The van der Waals surface area contributed by atoms with Gasteiger partial charge in [-0.15, -0.1) is 9.67 Å². The third-order valence-electron chi connectivity index (χ3n) is 17.4. The molecule has 0 aliphatic heterocycles. The Morgan fingerprint density at radius 3 is 1.02 bits per heavy atom. The van der Waals surface area contributed by atoms with E-state index in [0.29, 0.717) is 66.8 Å². The molecule has 0 aromatic heterocycles. The third kappa shape index (κ3) is 17.2. The van der Waals surface area contributed by atoms with E-state index in [1.54, 1.807) is 40.6 Å². The first kappa shape index (κ1) is 75.3. The Bertz CT molecular complexity index is 3660. The lowest BCUT2D eigenvalue weighted by Gasteiger charge is -2.42. The molecule has 0 radical (unpaired) electrons. The Kier molecular flexibility index (Phi) is 27.1. The molecule has 0 aliphatic carbocycles. The standard InChI is InChI=1S/C78H90Cl2N4O11P2/c1-55(2)96(85,56(3)4)83(49-25-47-81)94-75(92-77(61-27-17-13-18-28-61,62-29-19-14-20-30-62)69-41-39-67(87-9)53-73(69)89-11)45-35-59-51-65(79)37-43-71(59)91-72-44-38-66(80)52-60(72)36-46-76(95-84(50-26-48-82)97(86,57(5)6)58(7)8)93-78(63-31-21-15-22-32-63,64-33-23-16-24-34-64)70-42-40-68(88-10)54-74(70)90-12/h13-24,27-34,37-44,51-58,75-76H,25-26,35-36,45-46,49-50H2,1-12H3. The van der Waals surface area contributed by atoms with E-state index in [2.05, 4.69) is 12.1 Å². The number of nitrogens with zero attached hydrogens (tertiary/aromatic N) is 4. The number of benzene rings is 8. The summed E-state index contributed by atoms with van der Waals surface area (Å²) in [6.07, 6.45) is -1.64. The van der Waals surface area contributed by atoms with Gasteiger partial charge in [-0.05, 0) is 107 Å². The van der Waals surface area contributed by atoms with Crippen LogP contribution in [0.4, 0.5) is 0 Å². The largest absolute Gasteiger partial charge is 0.497 e. The minimum absolute atomic E-state index is 0.0220. The first-order chi connectivity index (χ1) is 46.7. The highest BCUT2D eigenvalue weighted by Gasteiger charge is 2.48. The molecule has 0 bridgehead atoms. The predicted octanol–water partition coefficient (Wildman–Crippen LogP) is 19.8. The number of hydrogen-bond acceptors (Lipinski definition) is 13. The van der Waals surface area contributed by atoms with E-state index in [-0.39, 0.29) is 74.3 Å². The molecule has 0 amide bonds. The molecule has 0 heterocycles. The van der Waals surface area contributed by atoms with Crippen molar-refractivity contribution >= 4 is 37.8 Å². The van der Waals surface area contributed by atoms with Gasteiger partial charge in [-0.2, -0.15) is 10.5 Å². The molecule has 0 fully saturated rings. The average molecular weight is 1390 g/mol. The fraction of sp³-hybridized carbons (Fsp3) is 0.359. The van der Waals surface area contributed by atoms with Gasteiger partial charge >= 0.3 is 0 Å². The number of hydrogen-bond donors (Lipinski definition) is 0. The molecular weight excluding hydrogens is 1300 g/mol. The zero-order chi connectivity index (χ0) is 69.9. The molecule has 8 aromatic carbocycles. The summed E-state index contributed by atoms with van der Waals surface area (Å²) in [5, 5.41) is 21.1. The van der Waals surface area contributed by atoms with E-state index in [1.165, 1.54) is 9.67 Å². The smallest absolute Gasteiger partial charge is 0.180 e. The fourth-order valence-corrected chi connectivity index (χ4v) is 18.8. The lowest BCUT2D eigenvalue weighted by molar-refractivity contribution is -0.271. The van der Waals surface area contributed by atoms with Crippen LogP contribution in [0, 0.1) is 22.7 Å². The lowest BCUT2D eigenvalue weighted by Crippen LogP contribution is -2.42. The van der Waals surface area contributed by atoms with Gasteiger partial charge in [0.05, 0.1) is 53.4 Å². The Hall–Kier alpha value is -7.46. The van der Waals surface area contributed by atoms with Gasteiger partial charge in [0.25, 0.3) is 0 Å². The lowest BCUT2D eigenvalue weighted by atomic mass is 9.79. The summed E-state index contributed by atoms with van der Waals surface area (Å²) in [4.78, 5) is 17.4. The van der Waals surface area contributed by atoms with E-state index in [4.69, 9.17) is 66.0 Å². The monoisotopic (exact) mass is 1390 g/mol. The zero-order valence-corrected chi connectivity index (χ0v) is 60.8. The van der Waals surface area contributed by atoms with Crippen LogP contribution in [0.2, 0.25) is 10.0 Å². The summed E-state index contributed by atoms with van der Waals surface area (Å²) in [6, 6.07) is 65.7. The highest BCUT2D eigenvalue weighted by molar-refractivity contribution is 7.63. The topological polar surface area (TPSA) is 171 Å². The van der Waals surface area contributed by atoms with Crippen molar-refractivity contribution in [3.05, 3.63) is 249 Å². The zero-order valence-electron chi connectivity index (χ0n) is 57.5. The Morgan fingerprint density at radius 1 is 0.423 bits per heavy atom. The molecule has 97 heavy (non-hydrogen) atoms. The maximum absolute atomic E-state index is 15.6. The molecule has 15 nitrogen and oxygen atoms in total. The minimum atomic E-state index is -3.42. The summed E-state index contributed by atoms with van der Waals surface area (Å²) >= 11 is 14.0. The van der Waals surface area contributed by atoms with E-state index in [9.17, 15) is 10.5 Å². The van der Waals surface area contributed by atoms with Crippen molar-refractivity contribution in [2.24, 2.45) is 0 Å². The van der Waals surface area contributed by atoms with Crippen LogP contribution in [-0.2, 0) is 52.3 Å². The van der Waals surface area contributed by atoms with Gasteiger partial charge in [-0.3, -0.25) is 9.68 Å². The summed E-state index contributed by atoms with van der Waals surface area (Å²) in [6.45, 7) is 15.3. The van der Waals surface area contributed by atoms with Gasteiger partial charge in [-0.25, -0.2) is 0 Å². The molecule has 512 valence electrons. The van der Waals surface area contributed by atoms with E-state index in [1.807, 2.05) is 237 Å². The SMILES string of the molecule is COc1ccc(C(OC(CCc2cc(Cl)ccc2Oc2ccc(Cl)cc2CCC(ON(CCC#N)P(=O)(C(C)C)C(C)C)OC(c2ccccc2)(c2ccccc2)c2ccc(OC)cc2OC)ON(CCC#N)P(=O)(C(C)C)C(C)C)(c2ccccc2)c2ccccc2)c(OC)c1. The van der Waals surface area contributed by atoms with E-state index in [0.717, 1.165) is 22.3 Å². The Morgan fingerprint density at radius 2 is 0.742 bits per heavy atom. The van der Waals surface area contributed by atoms with Gasteiger partial charge < -0.3 is 42.3 Å². The van der Waals surface area contributed by atoms with Crippen molar-refractivity contribution in [2.75, 3.05) is 41.5 Å². The van der Waals surface area contributed by atoms with Gasteiger partial charge in [0, 0.05) is 81.9 Å². The molecular formula is C78H90Cl2N4O11P2. The molecule has 2 unspecified atom stereocenters. The molecule has 0 N–H and O–H groups in total. The molecule has 0 saturated carbocycles. The number of methoxy groups -OCH3 is 4. The Labute approximate surface area is 583 Å². The number of nitriles is 2. The fourth-order valence-electron chi connectivity index (χ4n) is 12.6. The van der Waals surface area contributed by atoms with Gasteiger partial charge in [0.2, 0.25) is 0 Å². The number of halogens is 2. The maximum Gasteiger partial charge on any atom is 0.180 e. The van der Waals surface area contributed by atoms with Crippen LogP contribution in [0.1, 0.15) is 126 Å². The summed E-state index contributed by atoms with van der Waals surface area (Å²) in [7, 11) is -0.451. The van der Waals surface area contributed by atoms with Crippen LogP contribution in [-0.4, -0.2) is 86.4 Å². The summed E-state index contributed by atoms with van der Waals surface area (Å²) in [5.41, 5.74) is 1.21. The van der Waals surface area contributed by atoms with Crippen LogP contribution in [0.5, 0.6) is 34.5 Å². The second kappa shape index (κ2) is 34.8. The molecule has 0 aliphatic rings. The molecule has 0 saturated heterocycles. The second-order valence-corrected chi connectivity index (χ2v) is 33.2. The predicted molar refractivity (Wildman–Crippen MR) is 386 cm³/mol. The molecule has 2 atom stereocenters. The van der Waals surface area contributed by atoms with E-state index < -0.39 is 38.4 Å². The van der Waals surface area contributed by atoms with Crippen LogP contribution in [0.25, 0.3) is 0 Å². The van der Waals surface area contributed by atoms with Crippen molar-refractivity contribution in [1.29, 1.82) is 10.5 Å². The first-order valence-electron chi connectivity index (χ1n) is 32.8. The molecule has 19 heteroatoms. The van der Waals surface area contributed by atoms with E-state index >= 15 is 9.13 Å². The highest BCUT2D eigenvalue weighted by Crippen LogP contribution is 2.61. The average Bonchev–Trinajstić information content (AvgIpc) is 0.747. The first-order valence-corrected chi connectivity index (χ1v) is 37.1. The highest BCUT2D eigenvalue weighted by atomic mass is 35.5. The van der Waals surface area contributed by atoms with Crippen molar-refractivity contribution in [3.8, 4) is 46.6 Å². The number of ether oxygens (including phenoxy) is 7. The van der Waals surface area contributed by atoms with Gasteiger partial charge in [0.1, 0.15) is 34.5 Å². The van der Waals surface area contributed by atoms with Crippen molar-refractivity contribution in [2.45, 2.75) is 140 Å². The Balaban J connectivity index is 1.26. The molecule has 8 rings (SSSR count). The third-order valence-corrected chi connectivity index (χ3v) is 25.8. The van der Waals surface area contributed by atoms with Crippen LogP contribution < -0.4 is 23.7 Å². The van der Waals surface area contributed by atoms with Crippen LogP contribution in [0.3, 0.4) is 0 Å². The van der Waals surface area contributed by atoms with Crippen molar-refractivity contribution in [3.63, 3.8) is 0 Å². The minimum Gasteiger partial charge on any atom is -0.497 e. The molecule has 0 spiro atoms. The number of rotatable bonds is 36. The molecule has 8 aromatic rings. The normalized spacial score (nSPS) is 12.8. The van der Waals surface area contributed by atoms with Gasteiger partial charge in [-0.1, -0.05) is 200 Å².